The molecule has 2 nitrogen and oxygen atoms in total. The average molecular weight is 174 g/mol. The van der Waals surface area contributed by atoms with Gasteiger partial charge in [-0.15, -0.1) is 0 Å². The molecule has 3 heteroatoms. The van der Waals surface area contributed by atoms with Gasteiger partial charge in [0.05, 0.1) is 0 Å². The smallest absolute Gasteiger partial charge is 0.176 e. The fraction of sp³-hybridized carbons (Fsp3) is 0.750. The average Bonchev–Trinajstić information content (AvgIpc) is 2.03. The largest absolute Gasteiger partial charge is 0.303 e. The Balaban J connectivity index is 2.79. The van der Waals surface area contributed by atoms with Gasteiger partial charge in [0, 0.05) is 12.2 Å². The molecule has 0 radical (unpaired) electrons. The molecular weight excluding hydrogens is 160 g/mol. The number of rotatable bonds is 8. The second-order valence-corrected chi connectivity index (χ2v) is 3.27. The van der Waals surface area contributed by atoms with Crippen molar-refractivity contribution >= 4 is 23.7 Å². The number of hydrogen-bond donors (Lipinski definition) is 0. The minimum Gasteiger partial charge on any atom is -0.303 e. The number of thioether (sulfide) groups is 1. The van der Waals surface area contributed by atoms with Crippen molar-refractivity contribution in [3.05, 3.63) is 0 Å². The van der Waals surface area contributed by atoms with Gasteiger partial charge in [-0.3, -0.25) is 4.79 Å². The van der Waals surface area contributed by atoms with Crippen LogP contribution in [-0.2, 0) is 9.59 Å². The minimum atomic E-state index is 0.681. The first-order chi connectivity index (χ1) is 5.41. The summed E-state index contributed by atoms with van der Waals surface area (Å²) in [5.74, 6) is 0.921. The molecule has 0 spiro atoms. The first-order valence-electron chi connectivity index (χ1n) is 3.90. The van der Waals surface area contributed by atoms with E-state index in [1.165, 1.54) is 11.8 Å². The summed E-state index contributed by atoms with van der Waals surface area (Å²) in [4.78, 5) is 19.7. The van der Waals surface area contributed by atoms with Crippen molar-refractivity contribution in [2.24, 2.45) is 0 Å². The Hall–Kier alpha value is -0.310. The number of carbonyl (C=O) groups excluding carboxylic acids is 2. The first kappa shape index (κ1) is 10.7. The van der Waals surface area contributed by atoms with Gasteiger partial charge in [0.15, 0.2) is 5.62 Å². The van der Waals surface area contributed by atoms with E-state index in [0.29, 0.717) is 6.42 Å². The Morgan fingerprint density at radius 1 is 1.00 bits per heavy atom. The normalized spacial score (nSPS) is 9.45. The van der Waals surface area contributed by atoms with E-state index in [-0.39, 0.29) is 0 Å². The molecule has 0 aromatic rings. The molecular formula is C8H14O2S. The molecule has 0 saturated carbocycles. The molecule has 0 atom stereocenters. The van der Waals surface area contributed by atoms with E-state index in [4.69, 9.17) is 0 Å². The second-order valence-electron chi connectivity index (χ2n) is 2.34. The summed E-state index contributed by atoms with van der Waals surface area (Å²) in [5, 5.41) is 0. The van der Waals surface area contributed by atoms with Gasteiger partial charge in [-0.1, -0.05) is 24.6 Å². The van der Waals surface area contributed by atoms with E-state index < -0.39 is 0 Å². The van der Waals surface area contributed by atoms with E-state index in [0.717, 1.165) is 43.3 Å². The summed E-state index contributed by atoms with van der Waals surface area (Å²) in [7, 11) is 0. The lowest BCUT2D eigenvalue weighted by Gasteiger charge is -1.95. The van der Waals surface area contributed by atoms with Crippen LogP contribution in [0.15, 0.2) is 0 Å². The molecule has 0 fully saturated rings. The third kappa shape index (κ3) is 9.69. The lowest BCUT2D eigenvalue weighted by atomic mass is 10.2. The molecule has 0 N–H and O–H groups in total. The molecule has 0 aliphatic rings. The Labute approximate surface area is 71.7 Å². The highest BCUT2D eigenvalue weighted by Gasteiger charge is 1.89. The predicted molar refractivity (Wildman–Crippen MR) is 48.4 cm³/mol. The van der Waals surface area contributed by atoms with Gasteiger partial charge in [-0.05, 0) is 12.8 Å². The first-order valence-corrected chi connectivity index (χ1v) is 4.95. The van der Waals surface area contributed by atoms with Crippen LogP contribution in [0.5, 0.6) is 0 Å². The van der Waals surface area contributed by atoms with Crippen LogP contribution >= 0.6 is 11.8 Å². The minimum absolute atomic E-state index is 0.681. The SMILES string of the molecule is O=CCCCCCCSC=O. The van der Waals surface area contributed by atoms with Crippen molar-refractivity contribution in [2.75, 3.05) is 5.75 Å². The van der Waals surface area contributed by atoms with E-state index in [1.54, 1.807) is 0 Å². The van der Waals surface area contributed by atoms with Crippen molar-refractivity contribution in [1.29, 1.82) is 0 Å². The summed E-state index contributed by atoms with van der Waals surface area (Å²) in [6.07, 6.45) is 5.96. The Kier molecular flexibility index (Phi) is 9.42. The summed E-state index contributed by atoms with van der Waals surface area (Å²) in [6, 6.07) is 0. The van der Waals surface area contributed by atoms with Gasteiger partial charge in [-0.2, -0.15) is 0 Å². The number of unbranched alkanes of at least 4 members (excludes halogenated alkanes) is 4. The van der Waals surface area contributed by atoms with Crippen molar-refractivity contribution in [2.45, 2.75) is 32.1 Å². The van der Waals surface area contributed by atoms with E-state index in [2.05, 4.69) is 0 Å². The van der Waals surface area contributed by atoms with Crippen LogP contribution in [0.4, 0.5) is 0 Å². The molecule has 64 valence electrons. The fourth-order valence-corrected chi connectivity index (χ4v) is 1.28. The van der Waals surface area contributed by atoms with Crippen molar-refractivity contribution in [3.8, 4) is 0 Å². The zero-order valence-electron chi connectivity index (χ0n) is 6.62. The van der Waals surface area contributed by atoms with E-state index in [1.807, 2.05) is 0 Å². The third-order valence-corrected chi connectivity index (χ3v) is 2.06. The maximum Gasteiger partial charge on any atom is 0.176 e. The van der Waals surface area contributed by atoms with Crippen molar-refractivity contribution < 1.29 is 9.59 Å². The molecule has 0 heterocycles. The lowest BCUT2D eigenvalue weighted by molar-refractivity contribution is -0.107. The molecule has 0 aromatic heterocycles. The van der Waals surface area contributed by atoms with E-state index >= 15 is 0 Å². The topological polar surface area (TPSA) is 34.1 Å². The molecule has 0 unspecified atom stereocenters. The van der Waals surface area contributed by atoms with Gasteiger partial charge in [0.1, 0.15) is 6.29 Å². The van der Waals surface area contributed by atoms with Crippen molar-refractivity contribution in [1.82, 2.24) is 0 Å². The molecule has 0 rings (SSSR count). The zero-order valence-corrected chi connectivity index (χ0v) is 7.44. The highest BCUT2D eigenvalue weighted by Crippen LogP contribution is 2.05. The Bertz CT molecular complexity index is 92.3. The third-order valence-electron chi connectivity index (χ3n) is 1.40. The van der Waals surface area contributed by atoms with Crippen LogP contribution in [0.1, 0.15) is 32.1 Å². The summed E-state index contributed by atoms with van der Waals surface area (Å²) in [5.41, 5.74) is 0.880. The fourth-order valence-electron chi connectivity index (χ4n) is 0.815. The molecule has 0 aliphatic heterocycles. The monoisotopic (exact) mass is 174 g/mol. The number of carbonyl (C=O) groups is 2. The second kappa shape index (κ2) is 9.69. The van der Waals surface area contributed by atoms with Crippen LogP contribution in [0.25, 0.3) is 0 Å². The van der Waals surface area contributed by atoms with Crippen LogP contribution < -0.4 is 0 Å². The maximum absolute atomic E-state index is 9.89. The van der Waals surface area contributed by atoms with Gasteiger partial charge in [0.2, 0.25) is 0 Å². The summed E-state index contributed by atoms with van der Waals surface area (Å²) >= 11 is 1.32. The molecule has 11 heavy (non-hydrogen) atoms. The lowest BCUT2D eigenvalue weighted by Crippen LogP contribution is -1.82. The summed E-state index contributed by atoms with van der Waals surface area (Å²) < 4.78 is 0. The van der Waals surface area contributed by atoms with Crippen LogP contribution in [0.3, 0.4) is 0 Å². The highest BCUT2D eigenvalue weighted by molar-refractivity contribution is 8.11. The molecule has 0 saturated heterocycles. The van der Waals surface area contributed by atoms with Crippen molar-refractivity contribution in [3.63, 3.8) is 0 Å². The summed E-state index contributed by atoms with van der Waals surface area (Å²) in [6.45, 7) is 0. The molecule has 0 bridgehead atoms. The Morgan fingerprint density at radius 2 is 1.73 bits per heavy atom. The standard InChI is InChI=1S/C8H14O2S/c9-6-4-2-1-3-5-7-11-8-10/h6,8H,1-5,7H2. The Morgan fingerprint density at radius 3 is 2.36 bits per heavy atom. The highest BCUT2D eigenvalue weighted by atomic mass is 32.2. The molecule has 0 amide bonds. The van der Waals surface area contributed by atoms with Gasteiger partial charge in [-0.25, -0.2) is 0 Å². The zero-order chi connectivity index (χ0) is 8.36. The molecule has 0 aromatic carbocycles. The van der Waals surface area contributed by atoms with Crippen LogP contribution in [-0.4, -0.2) is 17.7 Å². The predicted octanol–water partition coefficient (Wildman–Crippen LogP) is 2.06. The molecule has 0 aliphatic carbocycles. The quantitative estimate of drug-likeness (QED) is 0.417. The van der Waals surface area contributed by atoms with Crippen LogP contribution in [0.2, 0.25) is 0 Å². The van der Waals surface area contributed by atoms with E-state index in [9.17, 15) is 9.59 Å². The van der Waals surface area contributed by atoms with Gasteiger partial charge >= 0.3 is 0 Å². The van der Waals surface area contributed by atoms with Crippen LogP contribution in [0, 0.1) is 0 Å². The maximum atomic E-state index is 9.89. The van der Waals surface area contributed by atoms with Gasteiger partial charge in [0.25, 0.3) is 0 Å². The number of aldehydes is 1. The van der Waals surface area contributed by atoms with Gasteiger partial charge < -0.3 is 4.79 Å². The number of hydrogen-bond acceptors (Lipinski definition) is 3.